The first-order chi connectivity index (χ1) is 8.72. The van der Waals surface area contributed by atoms with E-state index in [2.05, 4.69) is 30.3 Å². The first-order valence-corrected chi connectivity index (χ1v) is 6.32. The van der Waals surface area contributed by atoms with Gasteiger partial charge in [0.15, 0.2) is 11.5 Å². The summed E-state index contributed by atoms with van der Waals surface area (Å²) in [5.74, 6) is 1.62. The number of ether oxygens (including phenoxy) is 2. The molecule has 0 amide bonds. The SMILES string of the molecule is CCNCCN(C)Cc1cccc(OC)c1OC. The molecule has 0 saturated heterocycles. The number of benzene rings is 1. The van der Waals surface area contributed by atoms with Gasteiger partial charge in [-0.25, -0.2) is 0 Å². The minimum atomic E-state index is 0.787. The van der Waals surface area contributed by atoms with Crippen LogP contribution < -0.4 is 14.8 Å². The third-order valence-electron chi connectivity index (χ3n) is 2.85. The van der Waals surface area contributed by atoms with Crippen molar-refractivity contribution in [3.05, 3.63) is 23.8 Å². The Morgan fingerprint density at radius 3 is 2.61 bits per heavy atom. The number of nitrogens with one attached hydrogen (secondary N) is 1. The van der Waals surface area contributed by atoms with Crippen LogP contribution in [0.2, 0.25) is 0 Å². The number of rotatable bonds is 8. The molecule has 0 atom stereocenters. The highest BCUT2D eigenvalue weighted by atomic mass is 16.5. The average molecular weight is 252 g/mol. The molecule has 0 aliphatic carbocycles. The third kappa shape index (κ3) is 4.20. The van der Waals surface area contributed by atoms with Gasteiger partial charge < -0.3 is 19.7 Å². The van der Waals surface area contributed by atoms with Gasteiger partial charge in [-0.05, 0) is 19.7 Å². The van der Waals surface area contributed by atoms with E-state index in [1.54, 1.807) is 14.2 Å². The van der Waals surface area contributed by atoms with E-state index in [9.17, 15) is 0 Å². The molecule has 1 aromatic rings. The summed E-state index contributed by atoms with van der Waals surface area (Å²) in [6, 6.07) is 5.99. The molecule has 0 aromatic heterocycles. The maximum Gasteiger partial charge on any atom is 0.165 e. The van der Waals surface area contributed by atoms with Crippen LogP contribution in [-0.4, -0.2) is 45.8 Å². The fraction of sp³-hybridized carbons (Fsp3) is 0.571. The molecule has 0 bridgehead atoms. The van der Waals surface area contributed by atoms with E-state index in [1.165, 1.54) is 0 Å². The molecule has 0 saturated carbocycles. The van der Waals surface area contributed by atoms with Crippen molar-refractivity contribution in [1.29, 1.82) is 0 Å². The summed E-state index contributed by atoms with van der Waals surface area (Å²) in [7, 11) is 5.45. The van der Waals surface area contributed by atoms with Crippen molar-refractivity contribution in [2.75, 3.05) is 40.9 Å². The highest BCUT2D eigenvalue weighted by molar-refractivity contribution is 5.46. The van der Waals surface area contributed by atoms with E-state index < -0.39 is 0 Å². The lowest BCUT2D eigenvalue weighted by atomic mass is 10.1. The maximum atomic E-state index is 5.43. The van der Waals surface area contributed by atoms with Gasteiger partial charge in [0.2, 0.25) is 0 Å². The molecule has 1 aromatic carbocycles. The molecule has 102 valence electrons. The Kier molecular flexibility index (Phi) is 6.54. The lowest BCUT2D eigenvalue weighted by molar-refractivity contribution is 0.309. The molecule has 0 unspecified atom stereocenters. The van der Waals surface area contributed by atoms with Gasteiger partial charge in [-0.15, -0.1) is 0 Å². The minimum Gasteiger partial charge on any atom is -0.493 e. The van der Waals surface area contributed by atoms with Crippen LogP contribution in [0.15, 0.2) is 18.2 Å². The standard InChI is InChI=1S/C14H24N2O2/c1-5-15-9-10-16(2)11-12-7-6-8-13(17-3)14(12)18-4/h6-8,15H,5,9-11H2,1-4H3. The fourth-order valence-corrected chi connectivity index (χ4v) is 1.89. The Bertz CT molecular complexity index is 356. The second-order valence-corrected chi connectivity index (χ2v) is 4.24. The van der Waals surface area contributed by atoms with E-state index >= 15 is 0 Å². The summed E-state index contributed by atoms with van der Waals surface area (Å²) in [5, 5.41) is 3.32. The fourth-order valence-electron chi connectivity index (χ4n) is 1.89. The van der Waals surface area contributed by atoms with Gasteiger partial charge in [0.1, 0.15) is 0 Å². The number of hydrogen-bond donors (Lipinski definition) is 1. The van der Waals surface area contributed by atoms with Crippen LogP contribution in [0, 0.1) is 0 Å². The molecule has 0 fully saturated rings. The van der Waals surface area contributed by atoms with Crippen LogP contribution in [0.25, 0.3) is 0 Å². The monoisotopic (exact) mass is 252 g/mol. The first kappa shape index (κ1) is 14.8. The van der Waals surface area contributed by atoms with Gasteiger partial charge in [-0.3, -0.25) is 0 Å². The molecule has 18 heavy (non-hydrogen) atoms. The minimum absolute atomic E-state index is 0.787. The Morgan fingerprint density at radius 2 is 2.00 bits per heavy atom. The van der Waals surface area contributed by atoms with Crippen molar-refractivity contribution in [2.24, 2.45) is 0 Å². The average Bonchev–Trinajstić information content (AvgIpc) is 2.38. The van der Waals surface area contributed by atoms with Crippen LogP contribution in [0.1, 0.15) is 12.5 Å². The van der Waals surface area contributed by atoms with Crippen LogP contribution in [-0.2, 0) is 6.54 Å². The zero-order chi connectivity index (χ0) is 13.4. The Morgan fingerprint density at radius 1 is 1.22 bits per heavy atom. The van der Waals surface area contributed by atoms with E-state index in [0.29, 0.717) is 0 Å². The predicted octanol–water partition coefficient (Wildman–Crippen LogP) is 1.75. The van der Waals surface area contributed by atoms with Crippen molar-refractivity contribution >= 4 is 0 Å². The van der Waals surface area contributed by atoms with Crippen molar-refractivity contribution in [3.63, 3.8) is 0 Å². The Balaban J connectivity index is 2.65. The van der Waals surface area contributed by atoms with Crippen molar-refractivity contribution in [3.8, 4) is 11.5 Å². The smallest absolute Gasteiger partial charge is 0.165 e. The first-order valence-electron chi connectivity index (χ1n) is 6.32. The van der Waals surface area contributed by atoms with Gasteiger partial charge in [-0.1, -0.05) is 19.1 Å². The second-order valence-electron chi connectivity index (χ2n) is 4.24. The third-order valence-corrected chi connectivity index (χ3v) is 2.85. The van der Waals surface area contributed by atoms with Gasteiger partial charge in [0.25, 0.3) is 0 Å². The summed E-state index contributed by atoms with van der Waals surface area (Å²) in [5.41, 5.74) is 1.15. The van der Waals surface area contributed by atoms with E-state index in [-0.39, 0.29) is 0 Å². The number of likely N-dealkylation sites (N-methyl/N-ethyl adjacent to an activating group) is 2. The molecule has 0 aliphatic heterocycles. The van der Waals surface area contributed by atoms with Gasteiger partial charge >= 0.3 is 0 Å². The summed E-state index contributed by atoms with van der Waals surface area (Å²) < 4.78 is 10.7. The molecular weight excluding hydrogens is 228 g/mol. The molecule has 4 nitrogen and oxygen atoms in total. The normalized spacial score (nSPS) is 10.7. The predicted molar refractivity (Wildman–Crippen MR) is 74.4 cm³/mol. The summed E-state index contributed by atoms with van der Waals surface area (Å²) in [6.07, 6.45) is 0. The molecule has 0 spiro atoms. The molecule has 1 N–H and O–H groups in total. The Hall–Kier alpha value is -1.26. The highest BCUT2D eigenvalue weighted by Gasteiger charge is 2.10. The molecule has 4 heteroatoms. The summed E-state index contributed by atoms with van der Waals surface area (Å²) in [4.78, 5) is 2.26. The lowest BCUT2D eigenvalue weighted by Crippen LogP contribution is -2.28. The summed E-state index contributed by atoms with van der Waals surface area (Å²) >= 11 is 0. The largest absolute Gasteiger partial charge is 0.493 e. The number of methoxy groups -OCH3 is 2. The van der Waals surface area contributed by atoms with Crippen LogP contribution in [0.3, 0.4) is 0 Å². The van der Waals surface area contributed by atoms with Crippen molar-refractivity contribution < 1.29 is 9.47 Å². The van der Waals surface area contributed by atoms with Crippen molar-refractivity contribution in [2.45, 2.75) is 13.5 Å². The molecular formula is C14H24N2O2. The van der Waals surface area contributed by atoms with E-state index in [4.69, 9.17) is 9.47 Å². The van der Waals surface area contributed by atoms with Gasteiger partial charge in [0.05, 0.1) is 14.2 Å². The lowest BCUT2D eigenvalue weighted by Gasteiger charge is -2.19. The van der Waals surface area contributed by atoms with Crippen LogP contribution >= 0.6 is 0 Å². The maximum absolute atomic E-state index is 5.43. The van der Waals surface area contributed by atoms with Crippen LogP contribution in [0.4, 0.5) is 0 Å². The van der Waals surface area contributed by atoms with Crippen molar-refractivity contribution in [1.82, 2.24) is 10.2 Å². The quantitative estimate of drug-likeness (QED) is 0.715. The molecule has 1 rings (SSSR count). The Labute approximate surface area is 110 Å². The van der Waals surface area contributed by atoms with E-state index in [0.717, 1.165) is 43.2 Å². The highest BCUT2D eigenvalue weighted by Crippen LogP contribution is 2.31. The van der Waals surface area contributed by atoms with E-state index in [1.807, 2.05) is 12.1 Å². The number of hydrogen-bond acceptors (Lipinski definition) is 4. The molecule has 0 aliphatic rings. The molecule has 0 radical (unpaired) electrons. The number of para-hydroxylation sites is 1. The van der Waals surface area contributed by atoms with Gasteiger partial charge in [-0.2, -0.15) is 0 Å². The van der Waals surface area contributed by atoms with Crippen LogP contribution in [0.5, 0.6) is 11.5 Å². The summed E-state index contributed by atoms with van der Waals surface area (Å²) in [6.45, 7) is 5.99. The van der Waals surface area contributed by atoms with Gasteiger partial charge in [0, 0.05) is 25.2 Å². The zero-order valence-electron chi connectivity index (χ0n) is 11.8. The number of nitrogens with zero attached hydrogens (tertiary/aromatic N) is 1. The zero-order valence-corrected chi connectivity index (χ0v) is 11.8. The second kappa shape index (κ2) is 7.95. The molecule has 0 heterocycles. The topological polar surface area (TPSA) is 33.7 Å².